The number of halogens is 4. The van der Waals surface area contributed by atoms with E-state index in [-0.39, 0.29) is 5.75 Å². The Balaban J connectivity index is 2.37. The van der Waals surface area contributed by atoms with E-state index in [9.17, 15) is 16.8 Å². The third kappa shape index (κ3) is 3.47. The molecule has 2 unspecified atom stereocenters. The van der Waals surface area contributed by atoms with E-state index in [1.54, 1.807) is 19.1 Å². The lowest BCUT2D eigenvalue weighted by atomic mass is 10.2. The van der Waals surface area contributed by atoms with Gasteiger partial charge in [0, 0.05) is 0 Å². The minimum Gasteiger partial charge on any atom is -0.419 e. The molecule has 0 N–H and O–H groups in total. The Morgan fingerprint density at radius 3 is 2.33 bits per heavy atom. The van der Waals surface area contributed by atoms with Crippen molar-refractivity contribution in [1.82, 2.24) is 0 Å². The molecule has 1 heterocycles. The highest BCUT2D eigenvalue weighted by atomic mass is 31.3. The Labute approximate surface area is 102 Å². The molecule has 0 spiro atoms. The molecular formula is C7H8F4N3OP3. The first kappa shape index (κ1) is 13.9. The first-order valence-corrected chi connectivity index (χ1v) is 8.90. The number of rotatable bonds is 2. The predicted octanol–water partition coefficient (Wildman–Crippen LogP) is 6.39. The van der Waals surface area contributed by atoms with Crippen LogP contribution in [0, 0.1) is 6.92 Å². The van der Waals surface area contributed by atoms with Crippen molar-refractivity contribution in [3.05, 3.63) is 29.8 Å². The third-order valence-electron chi connectivity index (χ3n) is 1.87. The number of hydrogen-bond donors (Lipinski definition) is 0. The summed E-state index contributed by atoms with van der Waals surface area (Å²) in [7, 11) is -13.6. The van der Waals surface area contributed by atoms with Crippen molar-refractivity contribution in [2.45, 2.75) is 6.92 Å². The van der Waals surface area contributed by atoms with E-state index < -0.39 is 23.7 Å². The lowest BCUT2D eigenvalue weighted by molar-refractivity contribution is 0.550. The monoisotopic (exact) mass is 319 g/mol. The fourth-order valence-electron chi connectivity index (χ4n) is 1.17. The second-order valence-corrected chi connectivity index (χ2v) is 8.28. The highest BCUT2D eigenvalue weighted by Gasteiger charge is 2.34. The van der Waals surface area contributed by atoms with Crippen molar-refractivity contribution in [3.8, 4) is 5.75 Å². The average molecular weight is 319 g/mol. The van der Waals surface area contributed by atoms with E-state index in [1.165, 1.54) is 12.1 Å². The molecule has 2 atom stereocenters. The van der Waals surface area contributed by atoms with Gasteiger partial charge in [0.25, 0.3) is 0 Å². The van der Waals surface area contributed by atoms with Crippen LogP contribution in [0.15, 0.2) is 37.8 Å². The summed E-state index contributed by atoms with van der Waals surface area (Å²) in [5, 5.41) is 0. The second kappa shape index (κ2) is 4.84. The molecule has 1 aliphatic rings. The van der Waals surface area contributed by atoms with E-state index in [1.807, 2.05) is 0 Å². The van der Waals surface area contributed by atoms with Crippen LogP contribution in [0.1, 0.15) is 5.56 Å². The maximum atomic E-state index is 13.9. The minimum atomic E-state index is -5.28. The van der Waals surface area contributed by atoms with Gasteiger partial charge in [-0.05, 0) is 19.1 Å². The normalized spacial score (nSPS) is 29.7. The average Bonchev–Trinajstić information content (AvgIpc) is 2.17. The summed E-state index contributed by atoms with van der Waals surface area (Å²) in [6.07, 6.45) is 0. The quantitative estimate of drug-likeness (QED) is 0.460. The van der Waals surface area contributed by atoms with Crippen LogP contribution in [0.3, 0.4) is 0 Å². The summed E-state index contributed by atoms with van der Waals surface area (Å²) < 4.78 is 65.3. The molecule has 1 aromatic carbocycles. The highest BCUT2D eigenvalue weighted by Crippen LogP contribution is 2.75. The maximum absolute atomic E-state index is 13.9. The molecule has 1 aliphatic heterocycles. The third-order valence-corrected chi connectivity index (χ3v) is 7.33. The van der Waals surface area contributed by atoms with Gasteiger partial charge >= 0.3 is 15.6 Å². The molecule has 2 rings (SSSR count). The summed E-state index contributed by atoms with van der Waals surface area (Å²) in [4.78, 5) is 0. The van der Waals surface area contributed by atoms with E-state index in [0.29, 0.717) is 0 Å². The number of aryl methyl sites for hydroxylation is 1. The first-order chi connectivity index (χ1) is 8.28. The molecule has 100 valence electrons. The Kier molecular flexibility index (Phi) is 3.72. The summed E-state index contributed by atoms with van der Waals surface area (Å²) in [5.74, 6) is -0.0133. The number of benzene rings is 1. The van der Waals surface area contributed by atoms with Gasteiger partial charge in [-0.25, -0.2) is 0 Å². The van der Waals surface area contributed by atoms with Crippen LogP contribution in [0.4, 0.5) is 16.8 Å². The Bertz CT molecular complexity index is 609. The Morgan fingerprint density at radius 1 is 1.17 bits per heavy atom. The molecule has 0 radical (unpaired) electrons. The summed E-state index contributed by atoms with van der Waals surface area (Å²) >= 11 is 0. The van der Waals surface area contributed by atoms with Crippen LogP contribution in [0.25, 0.3) is 0 Å². The predicted molar refractivity (Wildman–Crippen MR) is 65.7 cm³/mol. The molecule has 0 aliphatic carbocycles. The first-order valence-electron chi connectivity index (χ1n) is 4.65. The standard InChI is InChI=1S/C7H8F4N3OP3/c1-6-2-4-7(5-3-6)15-18(11)13-16(8)12-17(9,10)14-18/h2-5,16H,1H3. The van der Waals surface area contributed by atoms with Gasteiger partial charge in [-0.15, -0.1) is 21.6 Å². The summed E-state index contributed by atoms with van der Waals surface area (Å²) in [5.41, 5.74) is 0.884. The van der Waals surface area contributed by atoms with Crippen LogP contribution >= 0.6 is 23.7 Å². The second-order valence-electron chi connectivity index (χ2n) is 3.39. The molecule has 0 saturated heterocycles. The van der Waals surface area contributed by atoms with Gasteiger partial charge in [-0.1, -0.05) is 17.7 Å². The zero-order chi connectivity index (χ0) is 13.4. The molecule has 0 amide bonds. The minimum absolute atomic E-state index is 0.0133. The molecule has 1 aromatic rings. The molecular weight excluding hydrogens is 311 g/mol. The van der Waals surface area contributed by atoms with Gasteiger partial charge in [-0.2, -0.15) is 8.71 Å². The van der Waals surface area contributed by atoms with Crippen molar-refractivity contribution in [2.24, 2.45) is 13.5 Å². The molecule has 0 bridgehead atoms. The number of nitrogens with zero attached hydrogens (tertiary/aromatic N) is 3. The fourth-order valence-corrected chi connectivity index (χ4v) is 6.10. The summed E-state index contributed by atoms with van der Waals surface area (Å²) in [6, 6.07) is 5.97. The van der Waals surface area contributed by atoms with Crippen molar-refractivity contribution >= 4 is 23.7 Å². The van der Waals surface area contributed by atoms with Crippen molar-refractivity contribution in [2.75, 3.05) is 0 Å². The van der Waals surface area contributed by atoms with Gasteiger partial charge in [0.15, 0.2) is 0 Å². The zero-order valence-corrected chi connectivity index (χ0v) is 11.8. The van der Waals surface area contributed by atoms with Crippen molar-refractivity contribution in [1.29, 1.82) is 0 Å². The van der Waals surface area contributed by atoms with Gasteiger partial charge in [0.1, 0.15) is 5.75 Å². The van der Waals surface area contributed by atoms with Crippen LogP contribution in [0.2, 0.25) is 0 Å². The van der Waals surface area contributed by atoms with E-state index in [0.717, 1.165) is 5.56 Å². The van der Waals surface area contributed by atoms with Crippen LogP contribution in [-0.4, -0.2) is 0 Å². The maximum Gasteiger partial charge on any atom is 0.439 e. The van der Waals surface area contributed by atoms with E-state index in [4.69, 9.17) is 0 Å². The summed E-state index contributed by atoms with van der Waals surface area (Å²) in [6.45, 7) is 1.79. The van der Waals surface area contributed by atoms with E-state index in [2.05, 4.69) is 18.1 Å². The molecule has 18 heavy (non-hydrogen) atoms. The number of hydrogen-bond acceptors (Lipinski definition) is 4. The highest BCUT2D eigenvalue weighted by molar-refractivity contribution is 7.74. The lowest BCUT2D eigenvalue weighted by Crippen LogP contribution is -1.86. The lowest BCUT2D eigenvalue weighted by Gasteiger charge is -2.15. The smallest absolute Gasteiger partial charge is 0.419 e. The molecule has 0 aromatic heterocycles. The Hall–Kier alpha value is -0.570. The fraction of sp³-hybridized carbons (Fsp3) is 0.143. The molecule has 0 fully saturated rings. The van der Waals surface area contributed by atoms with Gasteiger partial charge < -0.3 is 4.52 Å². The van der Waals surface area contributed by atoms with Crippen LogP contribution in [-0.2, 0) is 0 Å². The van der Waals surface area contributed by atoms with Crippen LogP contribution in [0.5, 0.6) is 5.75 Å². The molecule has 0 saturated carbocycles. The largest absolute Gasteiger partial charge is 0.439 e. The molecule has 11 heteroatoms. The molecule has 4 nitrogen and oxygen atoms in total. The van der Waals surface area contributed by atoms with Gasteiger partial charge in [0.05, 0.1) is 0 Å². The topological polar surface area (TPSA) is 46.3 Å². The SMILES string of the molecule is Cc1ccc(OP2(F)=N[PH](F)=NP(F)(F)=N2)cc1. The van der Waals surface area contributed by atoms with E-state index >= 15 is 0 Å². The van der Waals surface area contributed by atoms with Crippen LogP contribution < -0.4 is 4.52 Å². The van der Waals surface area contributed by atoms with Crippen molar-refractivity contribution in [3.63, 3.8) is 0 Å². The van der Waals surface area contributed by atoms with Gasteiger partial charge in [-0.3, -0.25) is 0 Å². The van der Waals surface area contributed by atoms with Crippen molar-refractivity contribution < 1.29 is 21.3 Å². The van der Waals surface area contributed by atoms with Gasteiger partial charge in [0.2, 0.25) is 8.17 Å². The zero-order valence-electron chi connectivity index (χ0n) is 8.97. The Morgan fingerprint density at radius 2 is 1.78 bits per heavy atom.